The summed E-state index contributed by atoms with van der Waals surface area (Å²) in [6.45, 7) is 1.95. The van der Waals surface area contributed by atoms with Crippen molar-refractivity contribution in [2.24, 2.45) is 5.41 Å². The quantitative estimate of drug-likeness (QED) is 0.803. The first-order valence-corrected chi connectivity index (χ1v) is 6.02. The number of ether oxygens (including phenoxy) is 1. The van der Waals surface area contributed by atoms with Crippen molar-refractivity contribution < 1.29 is 14.6 Å². The predicted molar refractivity (Wildman–Crippen MR) is 66.3 cm³/mol. The molecule has 0 spiro atoms. The highest BCUT2D eigenvalue weighted by Crippen LogP contribution is 2.28. The lowest BCUT2D eigenvalue weighted by Gasteiger charge is -2.40. The van der Waals surface area contributed by atoms with Gasteiger partial charge in [-0.25, -0.2) is 0 Å². The van der Waals surface area contributed by atoms with E-state index >= 15 is 0 Å². The summed E-state index contributed by atoms with van der Waals surface area (Å²) >= 11 is 0. The first-order valence-electron chi connectivity index (χ1n) is 6.02. The zero-order valence-corrected chi connectivity index (χ0v) is 10.5. The Kier molecular flexibility index (Phi) is 3.93. The summed E-state index contributed by atoms with van der Waals surface area (Å²) in [7, 11) is 1.94. The number of hydrogen-bond donors (Lipinski definition) is 1. The molecule has 5 heteroatoms. The van der Waals surface area contributed by atoms with E-state index in [-0.39, 0.29) is 0 Å². The number of hydrogen-bond acceptors (Lipinski definition) is 4. The van der Waals surface area contributed by atoms with Gasteiger partial charge in [0.15, 0.2) is 0 Å². The Balaban J connectivity index is 1.82. The lowest BCUT2D eigenvalue weighted by Crippen LogP contribution is -2.55. The number of rotatable bonds is 6. The van der Waals surface area contributed by atoms with Crippen molar-refractivity contribution in [1.82, 2.24) is 9.88 Å². The van der Waals surface area contributed by atoms with Crippen molar-refractivity contribution in [1.29, 1.82) is 0 Å². The zero-order chi connectivity index (χ0) is 13.0. The summed E-state index contributed by atoms with van der Waals surface area (Å²) in [4.78, 5) is 17.5. The topological polar surface area (TPSA) is 62.7 Å². The summed E-state index contributed by atoms with van der Waals surface area (Å²) in [5.41, 5.74) is 0.317. The van der Waals surface area contributed by atoms with Crippen molar-refractivity contribution in [3.05, 3.63) is 30.1 Å². The molecule has 0 aromatic carbocycles. The molecule has 0 saturated carbocycles. The van der Waals surface area contributed by atoms with Crippen molar-refractivity contribution in [2.75, 3.05) is 33.4 Å². The van der Waals surface area contributed by atoms with Crippen LogP contribution in [0.5, 0.6) is 0 Å². The minimum absolute atomic E-state index is 0.316. The Morgan fingerprint density at radius 2 is 2.33 bits per heavy atom. The number of pyridine rings is 1. The van der Waals surface area contributed by atoms with Crippen LogP contribution >= 0.6 is 0 Å². The molecule has 18 heavy (non-hydrogen) atoms. The van der Waals surface area contributed by atoms with Crippen LogP contribution in [0.15, 0.2) is 24.4 Å². The molecule has 0 aliphatic carbocycles. The lowest BCUT2D eigenvalue weighted by atomic mass is 9.85. The Labute approximate surface area is 106 Å². The van der Waals surface area contributed by atoms with Gasteiger partial charge in [-0.05, 0) is 19.2 Å². The van der Waals surface area contributed by atoms with E-state index in [0.29, 0.717) is 19.8 Å². The third-order valence-electron chi connectivity index (χ3n) is 3.26. The van der Waals surface area contributed by atoms with Gasteiger partial charge < -0.3 is 14.7 Å². The standard InChI is InChI=1S/C13H18N2O3/c1-15(7-5-11-4-2-3-6-14-11)8-13(12(16)17)9-18-10-13/h2-4,6H,5,7-10H2,1H3,(H,16,17). The molecule has 1 aromatic rings. The van der Waals surface area contributed by atoms with Crippen LogP contribution in [0.3, 0.4) is 0 Å². The highest BCUT2D eigenvalue weighted by molar-refractivity contribution is 5.76. The van der Waals surface area contributed by atoms with Crippen LogP contribution in [-0.4, -0.2) is 54.3 Å². The normalized spacial score (nSPS) is 17.4. The minimum Gasteiger partial charge on any atom is -0.481 e. The fraction of sp³-hybridized carbons (Fsp3) is 0.538. The van der Waals surface area contributed by atoms with Gasteiger partial charge >= 0.3 is 5.97 Å². The number of carboxylic acid groups (broad SMARTS) is 1. The second kappa shape index (κ2) is 5.46. The van der Waals surface area contributed by atoms with E-state index < -0.39 is 11.4 Å². The van der Waals surface area contributed by atoms with E-state index in [9.17, 15) is 9.90 Å². The predicted octanol–water partition coefficient (Wildman–Crippen LogP) is 0.657. The minimum atomic E-state index is -0.765. The van der Waals surface area contributed by atoms with Crippen LogP contribution in [0.2, 0.25) is 0 Å². The summed E-state index contributed by atoms with van der Waals surface area (Å²) in [6.07, 6.45) is 2.60. The van der Waals surface area contributed by atoms with Crippen LogP contribution in [-0.2, 0) is 16.0 Å². The van der Waals surface area contributed by atoms with E-state index in [1.165, 1.54) is 0 Å². The third-order valence-corrected chi connectivity index (χ3v) is 3.26. The van der Waals surface area contributed by atoms with Crippen LogP contribution in [0, 0.1) is 5.41 Å². The van der Waals surface area contributed by atoms with Crippen LogP contribution in [0.25, 0.3) is 0 Å². The second-order valence-corrected chi connectivity index (χ2v) is 4.89. The van der Waals surface area contributed by atoms with Gasteiger partial charge in [0.1, 0.15) is 5.41 Å². The number of carboxylic acids is 1. The smallest absolute Gasteiger partial charge is 0.315 e. The number of aliphatic carboxylic acids is 1. The highest BCUT2D eigenvalue weighted by atomic mass is 16.5. The molecule has 1 aromatic heterocycles. The van der Waals surface area contributed by atoms with Crippen LogP contribution < -0.4 is 0 Å². The summed E-state index contributed by atoms with van der Waals surface area (Å²) in [5.74, 6) is -0.765. The van der Waals surface area contributed by atoms with Crippen molar-refractivity contribution in [3.8, 4) is 0 Å². The summed E-state index contributed by atoms with van der Waals surface area (Å²) in [5, 5.41) is 9.20. The van der Waals surface area contributed by atoms with E-state index in [1.807, 2.05) is 30.1 Å². The Morgan fingerprint density at radius 3 is 2.83 bits per heavy atom. The number of aromatic nitrogens is 1. The molecule has 2 heterocycles. The number of nitrogens with zero attached hydrogens (tertiary/aromatic N) is 2. The fourth-order valence-corrected chi connectivity index (χ4v) is 2.08. The monoisotopic (exact) mass is 250 g/mol. The first-order chi connectivity index (χ1) is 8.62. The number of likely N-dealkylation sites (N-methyl/N-ethyl adjacent to an activating group) is 1. The van der Waals surface area contributed by atoms with Gasteiger partial charge in [-0.2, -0.15) is 0 Å². The molecule has 0 atom stereocenters. The average Bonchev–Trinajstić information content (AvgIpc) is 2.32. The lowest BCUT2D eigenvalue weighted by molar-refractivity contribution is -0.182. The van der Waals surface area contributed by atoms with Gasteiger partial charge in [-0.15, -0.1) is 0 Å². The summed E-state index contributed by atoms with van der Waals surface area (Å²) in [6, 6.07) is 5.83. The molecule has 0 radical (unpaired) electrons. The van der Waals surface area contributed by atoms with Crippen molar-refractivity contribution in [3.63, 3.8) is 0 Å². The Bertz CT molecular complexity index is 404. The van der Waals surface area contributed by atoms with Crippen molar-refractivity contribution in [2.45, 2.75) is 6.42 Å². The molecule has 0 amide bonds. The van der Waals surface area contributed by atoms with Crippen LogP contribution in [0.4, 0.5) is 0 Å². The van der Waals surface area contributed by atoms with Gasteiger partial charge in [0.25, 0.3) is 0 Å². The second-order valence-electron chi connectivity index (χ2n) is 4.89. The molecule has 2 rings (SSSR count). The maximum Gasteiger partial charge on any atom is 0.315 e. The van der Waals surface area contributed by atoms with E-state index in [4.69, 9.17) is 4.74 Å². The molecule has 98 valence electrons. The maximum atomic E-state index is 11.2. The Hall–Kier alpha value is -1.46. The molecular formula is C13H18N2O3. The van der Waals surface area contributed by atoms with Gasteiger partial charge in [-0.3, -0.25) is 9.78 Å². The molecule has 1 fully saturated rings. The van der Waals surface area contributed by atoms with E-state index in [1.54, 1.807) is 6.20 Å². The molecule has 1 saturated heterocycles. The summed E-state index contributed by atoms with van der Waals surface area (Å²) < 4.78 is 5.04. The first kappa shape index (κ1) is 13.0. The molecule has 1 aliphatic heterocycles. The Morgan fingerprint density at radius 1 is 1.56 bits per heavy atom. The average molecular weight is 250 g/mol. The van der Waals surface area contributed by atoms with Gasteiger partial charge in [-0.1, -0.05) is 6.07 Å². The fourth-order valence-electron chi connectivity index (χ4n) is 2.08. The van der Waals surface area contributed by atoms with E-state index in [0.717, 1.165) is 18.7 Å². The van der Waals surface area contributed by atoms with Crippen LogP contribution in [0.1, 0.15) is 5.69 Å². The van der Waals surface area contributed by atoms with Gasteiger partial charge in [0.05, 0.1) is 13.2 Å². The van der Waals surface area contributed by atoms with Gasteiger partial charge in [0.2, 0.25) is 0 Å². The SMILES string of the molecule is CN(CCc1ccccn1)CC1(C(=O)O)COC1. The largest absolute Gasteiger partial charge is 0.481 e. The number of carbonyl (C=O) groups is 1. The third kappa shape index (κ3) is 2.86. The molecular weight excluding hydrogens is 232 g/mol. The van der Waals surface area contributed by atoms with E-state index in [2.05, 4.69) is 4.98 Å². The molecule has 1 N–H and O–H groups in total. The molecule has 0 bridgehead atoms. The van der Waals surface area contributed by atoms with Crippen molar-refractivity contribution >= 4 is 5.97 Å². The zero-order valence-electron chi connectivity index (χ0n) is 10.5. The highest BCUT2D eigenvalue weighted by Gasteiger charge is 2.46. The molecule has 1 aliphatic rings. The maximum absolute atomic E-state index is 11.2. The van der Waals surface area contributed by atoms with Gasteiger partial charge in [0, 0.05) is 31.4 Å². The molecule has 5 nitrogen and oxygen atoms in total. The molecule has 0 unspecified atom stereocenters.